The zero-order valence-corrected chi connectivity index (χ0v) is 13.3. The molecule has 7 heteroatoms. The van der Waals surface area contributed by atoms with Crippen molar-refractivity contribution < 1.29 is 19.4 Å². The molecule has 0 saturated heterocycles. The summed E-state index contributed by atoms with van der Waals surface area (Å²) < 4.78 is 4.54. The Morgan fingerprint density at radius 2 is 1.82 bits per heavy atom. The second kappa shape index (κ2) is 7.65. The van der Waals surface area contributed by atoms with Crippen LogP contribution in [0.4, 0.5) is 4.79 Å². The third kappa shape index (κ3) is 5.61. The predicted molar refractivity (Wildman–Crippen MR) is 81.9 cm³/mol. The zero-order chi connectivity index (χ0) is 16.8. The molecular formula is C15H23N3O4. The van der Waals surface area contributed by atoms with Gasteiger partial charge in [-0.1, -0.05) is 32.9 Å². The molecule has 1 atom stereocenters. The van der Waals surface area contributed by atoms with Crippen molar-refractivity contribution in [2.24, 2.45) is 5.41 Å². The van der Waals surface area contributed by atoms with Gasteiger partial charge in [-0.05, 0) is 23.1 Å². The summed E-state index contributed by atoms with van der Waals surface area (Å²) in [6.07, 6.45) is -0.659. The summed E-state index contributed by atoms with van der Waals surface area (Å²) >= 11 is 0. The lowest BCUT2D eigenvalue weighted by molar-refractivity contribution is -0.126. The van der Waals surface area contributed by atoms with E-state index in [9.17, 15) is 14.7 Å². The molecule has 0 spiro atoms. The van der Waals surface area contributed by atoms with Crippen LogP contribution in [0.25, 0.3) is 0 Å². The van der Waals surface area contributed by atoms with Gasteiger partial charge in [0, 0.05) is 6.54 Å². The summed E-state index contributed by atoms with van der Waals surface area (Å²) in [4.78, 5) is 23.5. The Morgan fingerprint density at radius 3 is 2.32 bits per heavy atom. The van der Waals surface area contributed by atoms with Gasteiger partial charge in [-0.2, -0.15) is 0 Å². The van der Waals surface area contributed by atoms with Crippen molar-refractivity contribution in [1.82, 2.24) is 16.2 Å². The SMILES string of the molecule is COC(=O)NC(C(=O)NNCc1ccc(O)cc1)C(C)(C)C. The molecule has 1 aromatic carbocycles. The summed E-state index contributed by atoms with van der Waals surface area (Å²) in [5.41, 5.74) is 5.77. The summed E-state index contributed by atoms with van der Waals surface area (Å²) in [5.74, 6) is -0.181. The molecule has 0 radical (unpaired) electrons. The maximum atomic E-state index is 12.2. The van der Waals surface area contributed by atoms with Crippen molar-refractivity contribution >= 4 is 12.0 Å². The van der Waals surface area contributed by atoms with Gasteiger partial charge in [0.15, 0.2) is 0 Å². The van der Waals surface area contributed by atoms with Gasteiger partial charge in [0.1, 0.15) is 11.8 Å². The number of phenols is 1. The van der Waals surface area contributed by atoms with Crippen molar-refractivity contribution in [3.63, 3.8) is 0 Å². The summed E-state index contributed by atoms with van der Waals surface area (Å²) in [6, 6.07) is 5.86. The van der Waals surface area contributed by atoms with E-state index in [1.807, 2.05) is 20.8 Å². The number of carbonyl (C=O) groups is 2. The Morgan fingerprint density at radius 1 is 1.23 bits per heavy atom. The third-order valence-corrected chi connectivity index (χ3v) is 3.02. The molecule has 0 aliphatic rings. The molecule has 122 valence electrons. The van der Waals surface area contributed by atoms with Crippen LogP contribution in [0.5, 0.6) is 5.75 Å². The number of alkyl carbamates (subject to hydrolysis) is 1. The number of nitrogens with one attached hydrogen (secondary N) is 3. The van der Waals surface area contributed by atoms with Crippen LogP contribution in [0.3, 0.4) is 0 Å². The minimum Gasteiger partial charge on any atom is -0.508 e. The van der Waals surface area contributed by atoms with Crippen molar-refractivity contribution in [2.75, 3.05) is 7.11 Å². The Labute approximate surface area is 130 Å². The largest absolute Gasteiger partial charge is 0.508 e. The van der Waals surface area contributed by atoms with Crippen molar-refractivity contribution in [3.05, 3.63) is 29.8 Å². The van der Waals surface area contributed by atoms with E-state index in [1.165, 1.54) is 7.11 Å². The lowest BCUT2D eigenvalue weighted by Gasteiger charge is -2.29. The highest BCUT2D eigenvalue weighted by Crippen LogP contribution is 2.19. The number of benzene rings is 1. The van der Waals surface area contributed by atoms with E-state index in [0.717, 1.165) is 5.56 Å². The van der Waals surface area contributed by atoms with E-state index in [4.69, 9.17) is 0 Å². The van der Waals surface area contributed by atoms with E-state index in [2.05, 4.69) is 20.9 Å². The van der Waals surface area contributed by atoms with Crippen LogP contribution in [0.15, 0.2) is 24.3 Å². The number of amides is 2. The molecule has 0 bridgehead atoms. The minimum absolute atomic E-state index is 0.183. The number of hydrazine groups is 1. The van der Waals surface area contributed by atoms with Crippen molar-refractivity contribution in [2.45, 2.75) is 33.4 Å². The van der Waals surface area contributed by atoms with Crippen LogP contribution < -0.4 is 16.2 Å². The first kappa shape index (κ1) is 17.8. The molecule has 1 aromatic rings. The quantitative estimate of drug-likeness (QED) is 0.614. The number of ether oxygens (including phenoxy) is 1. The first-order valence-corrected chi connectivity index (χ1v) is 6.89. The summed E-state index contributed by atoms with van der Waals surface area (Å²) in [5, 5.41) is 11.7. The van der Waals surface area contributed by atoms with Crippen LogP contribution in [0, 0.1) is 5.41 Å². The van der Waals surface area contributed by atoms with E-state index < -0.39 is 17.6 Å². The van der Waals surface area contributed by atoms with Crippen molar-refractivity contribution in [3.8, 4) is 5.75 Å². The Kier molecular flexibility index (Phi) is 6.18. The normalized spacial score (nSPS) is 12.4. The lowest BCUT2D eigenvalue weighted by atomic mass is 9.86. The van der Waals surface area contributed by atoms with Gasteiger partial charge in [-0.15, -0.1) is 0 Å². The first-order chi connectivity index (χ1) is 10.2. The van der Waals surface area contributed by atoms with Crippen LogP contribution >= 0.6 is 0 Å². The minimum atomic E-state index is -0.743. The number of rotatable bonds is 5. The van der Waals surface area contributed by atoms with Crippen LogP contribution in [0.1, 0.15) is 26.3 Å². The second-order valence-corrected chi connectivity index (χ2v) is 5.94. The van der Waals surface area contributed by atoms with Crippen molar-refractivity contribution in [1.29, 1.82) is 0 Å². The monoisotopic (exact) mass is 309 g/mol. The number of phenolic OH excluding ortho intramolecular Hbond substituents is 1. The van der Waals surface area contributed by atoms with Gasteiger partial charge < -0.3 is 15.2 Å². The molecule has 0 aliphatic heterocycles. The Balaban J connectivity index is 2.56. The number of hydrogen-bond donors (Lipinski definition) is 4. The van der Waals surface area contributed by atoms with Crippen LogP contribution in [0.2, 0.25) is 0 Å². The molecule has 0 fully saturated rings. The number of hydrogen-bond acceptors (Lipinski definition) is 5. The summed E-state index contributed by atoms with van der Waals surface area (Å²) in [6.45, 7) is 5.91. The molecule has 22 heavy (non-hydrogen) atoms. The van der Waals surface area contributed by atoms with E-state index in [0.29, 0.717) is 6.54 Å². The molecular weight excluding hydrogens is 286 g/mol. The van der Waals surface area contributed by atoms with Gasteiger partial charge in [0.25, 0.3) is 5.91 Å². The second-order valence-electron chi connectivity index (χ2n) is 5.94. The topological polar surface area (TPSA) is 99.7 Å². The zero-order valence-electron chi connectivity index (χ0n) is 13.3. The molecule has 1 unspecified atom stereocenters. The van der Waals surface area contributed by atoms with Gasteiger partial charge in [0.05, 0.1) is 7.11 Å². The molecule has 0 aliphatic carbocycles. The standard InChI is InChI=1S/C15H23N3O4/c1-15(2,3)12(17-14(21)22-4)13(20)18-16-9-10-5-7-11(19)8-6-10/h5-8,12,16,19H,9H2,1-4H3,(H,17,21)(H,18,20). The fraction of sp³-hybridized carbons (Fsp3) is 0.467. The Bertz CT molecular complexity index is 509. The highest BCUT2D eigenvalue weighted by Gasteiger charge is 2.33. The molecule has 2 amide bonds. The molecule has 0 heterocycles. The fourth-order valence-electron chi connectivity index (χ4n) is 1.77. The van der Waals surface area contributed by atoms with Gasteiger partial charge in [0.2, 0.25) is 0 Å². The average Bonchev–Trinajstić information content (AvgIpc) is 2.45. The Hall–Kier alpha value is -2.28. The average molecular weight is 309 g/mol. The van der Waals surface area contributed by atoms with Gasteiger partial charge >= 0.3 is 6.09 Å². The highest BCUT2D eigenvalue weighted by atomic mass is 16.5. The number of methoxy groups -OCH3 is 1. The smallest absolute Gasteiger partial charge is 0.407 e. The number of aromatic hydroxyl groups is 1. The fourth-order valence-corrected chi connectivity index (χ4v) is 1.77. The molecule has 4 N–H and O–H groups in total. The lowest BCUT2D eigenvalue weighted by Crippen LogP contribution is -2.56. The molecule has 0 saturated carbocycles. The maximum Gasteiger partial charge on any atom is 0.407 e. The van der Waals surface area contributed by atoms with E-state index >= 15 is 0 Å². The van der Waals surface area contributed by atoms with E-state index in [1.54, 1.807) is 24.3 Å². The molecule has 7 nitrogen and oxygen atoms in total. The van der Waals surface area contributed by atoms with Gasteiger partial charge in [-0.25, -0.2) is 10.2 Å². The molecule has 1 rings (SSSR count). The molecule has 0 aromatic heterocycles. The van der Waals surface area contributed by atoms with E-state index in [-0.39, 0.29) is 11.7 Å². The third-order valence-electron chi connectivity index (χ3n) is 3.02. The summed E-state index contributed by atoms with van der Waals surface area (Å²) in [7, 11) is 1.25. The predicted octanol–water partition coefficient (Wildman–Crippen LogP) is 1.28. The van der Waals surface area contributed by atoms with Gasteiger partial charge in [-0.3, -0.25) is 10.2 Å². The van der Waals surface area contributed by atoms with Crippen LogP contribution in [-0.2, 0) is 16.1 Å². The van der Waals surface area contributed by atoms with Crippen LogP contribution in [-0.4, -0.2) is 30.3 Å². The maximum absolute atomic E-state index is 12.2. The number of carbonyl (C=O) groups excluding carboxylic acids is 2. The highest BCUT2D eigenvalue weighted by molar-refractivity contribution is 5.86. The first-order valence-electron chi connectivity index (χ1n) is 6.89.